The number of piperazine rings is 2. The number of ether oxygens (including phenoxy) is 2. The molecule has 0 aromatic carbocycles. The van der Waals surface area contributed by atoms with Gasteiger partial charge in [0.2, 0.25) is 17.8 Å². The molecule has 4 rings (SSSR count). The molecular formula is C34H51N9O7. The van der Waals surface area contributed by atoms with Crippen LogP contribution in [0.25, 0.3) is 0 Å². The number of rotatable bonds is 10. The molecule has 2 aliphatic rings. The van der Waals surface area contributed by atoms with Crippen LogP contribution in [0.15, 0.2) is 24.8 Å². The van der Waals surface area contributed by atoms with Crippen molar-refractivity contribution in [3.05, 3.63) is 35.9 Å². The van der Waals surface area contributed by atoms with Gasteiger partial charge in [-0.05, 0) is 60.9 Å². The minimum atomic E-state index is -1.05. The minimum Gasteiger partial charge on any atom is -0.478 e. The normalized spacial score (nSPS) is 17.3. The maximum Gasteiger partial charge on any atom is 0.420 e. The number of amides is 3. The number of anilines is 2. The van der Waals surface area contributed by atoms with Gasteiger partial charge < -0.3 is 29.3 Å². The first-order chi connectivity index (χ1) is 23.5. The van der Waals surface area contributed by atoms with E-state index in [2.05, 4.69) is 36.7 Å². The first-order valence-electron chi connectivity index (χ1n) is 17.1. The molecule has 0 radical (unpaired) electrons. The quantitative estimate of drug-likeness (QED) is 0.381. The summed E-state index contributed by atoms with van der Waals surface area (Å²) in [6.07, 6.45) is 6.32. The van der Waals surface area contributed by atoms with Crippen LogP contribution in [0.2, 0.25) is 0 Å². The summed E-state index contributed by atoms with van der Waals surface area (Å²) in [5, 5.41) is 9.13. The summed E-state index contributed by atoms with van der Waals surface area (Å²) in [7, 11) is 0. The number of aromatic carboxylic acids is 1. The van der Waals surface area contributed by atoms with Crippen molar-refractivity contribution in [1.29, 1.82) is 0 Å². The van der Waals surface area contributed by atoms with Crippen LogP contribution in [0.4, 0.5) is 21.5 Å². The van der Waals surface area contributed by atoms with Gasteiger partial charge in [-0.15, -0.1) is 0 Å². The average Bonchev–Trinajstić information content (AvgIpc) is 3.05. The fraction of sp³-hybridized carbons (Fsp3) is 0.647. The second kappa shape index (κ2) is 16.4. The molecule has 1 N–H and O–H groups in total. The number of carboxylic acids is 1. The zero-order valence-electron chi connectivity index (χ0n) is 30.3. The van der Waals surface area contributed by atoms with E-state index in [1.54, 1.807) is 53.9 Å². The number of hydrogen-bond acceptors (Lipinski definition) is 13. The predicted octanol–water partition coefficient (Wildman–Crippen LogP) is 3.67. The Morgan fingerprint density at radius 3 is 1.90 bits per heavy atom. The van der Waals surface area contributed by atoms with Gasteiger partial charge in [-0.2, -0.15) is 0 Å². The third-order valence-corrected chi connectivity index (χ3v) is 8.22. The standard InChI is InChI=1S/C34H51N9O7/c1-8-26-23-39(12-17-42(26)30-37-20-25(21-38-30)28(45)46)11-9-10-27(44)40-13-15-41(16-14-40)29-35-18-24(19-36-29)22-43(31(47)49-33(2,3)4)32(48)50-34(5,6)7/h18-21,26H,8-17,22-23H2,1-7H3,(H,45,46). The number of carboxylic acid groups (broad SMARTS) is 1. The summed E-state index contributed by atoms with van der Waals surface area (Å²) in [5.41, 5.74) is -0.993. The third kappa shape index (κ3) is 11.0. The molecule has 1 unspecified atom stereocenters. The SMILES string of the molecule is CCC1CN(CCCC(=O)N2CCN(c3ncc(CN(C(=O)OC(C)(C)C)C(=O)OC(C)(C)C)cn3)CC2)CCN1c1ncc(C(=O)O)cn1. The highest BCUT2D eigenvalue weighted by Crippen LogP contribution is 2.21. The molecule has 4 heterocycles. The molecule has 2 aliphatic heterocycles. The molecule has 0 aliphatic carbocycles. The topological polar surface area (TPSA) is 175 Å². The summed E-state index contributed by atoms with van der Waals surface area (Å²) in [6, 6.07) is 0.202. The summed E-state index contributed by atoms with van der Waals surface area (Å²) in [4.78, 5) is 76.7. The summed E-state index contributed by atoms with van der Waals surface area (Å²) >= 11 is 0. The van der Waals surface area contributed by atoms with Gasteiger partial charge in [-0.3, -0.25) is 9.69 Å². The van der Waals surface area contributed by atoms with Crippen LogP contribution in [0.3, 0.4) is 0 Å². The van der Waals surface area contributed by atoms with Crippen molar-refractivity contribution in [2.24, 2.45) is 0 Å². The van der Waals surface area contributed by atoms with Crippen molar-refractivity contribution < 1.29 is 33.8 Å². The minimum absolute atomic E-state index is 0.0665. The van der Waals surface area contributed by atoms with Crippen molar-refractivity contribution in [2.75, 3.05) is 62.2 Å². The van der Waals surface area contributed by atoms with Gasteiger partial charge in [0.1, 0.15) is 11.2 Å². The molecular weight excluding hydrogens is 646 g/mol. The molecule has 1 atom stereocenters. The first-order valence-corrected chi connectivity index (χ1v) is 17.1. The Morgan fingerprint density at radius 2 is 1.38 bits per heavy atom. The van der Waals surface area contributed by atoms with E-state index in [4.69, 9.17) is 14.6 Å². The number of carbonyl (C=O) groups is 4. The fourth-order valence-electron chi connectivity index (χ4n) is 5.70. The number of aromatic nitrogens is 4. The van der Waals surface area contributed by atoms with Gasteiger partial charge in [0, 0.05) is 88.6 Å². The van der Waals surface area contributed by atoms with E-state index in [0.717, 1.165) is 43.9 Å². The Labute approximate surface area is 293 Å². The van der Waals surface area contributed by atoms with Crippen molar-refractivity contribution in [2.45, 2.75) is 91.5 Å². The number of carbonyl (C=O) groups excluding carboxylic acids is 3. The summed E-state index contributed by atoms with van der Waals surface area (Å²) < 4.78 is 10.9. The van der Waals surface area contributed by atoms with Crippen LogP contribution < -0.4 is 9.80 Å². The lowest BCUT2D eigenvalue weighted by Crippen LogP contribution is -2.54. The summed E-state index contributed by atoms with van der Waals surface area (Å²) in [6.45, 7) is 17.8. The van der Waals surface area contributed by atoms with Crippen LogP contribution >= 0.6 is 0 Å². The molecule has 0 saturated carbocycles. The number of nitrogens with zero attached hydrogens (tertiary/aromatic N) is 9. The Bertz CT molecular complexity index is 1440. The van der Waals surface area contributed by atoms with Gasteiger partial charge in [0.15, 0.2) is 0 Å². The van der Waals surface area contributed by atoms with Gasteiger partial charge in [0.25, 0.3) is 0 Å². The maximum absolute atomic E-state index is 13.1. The Kier molecular flexibility index (Phi) is 12.5. The van der Waals surface area contributed by atoms with Crippen LogP contribution in [0.5, 0.6) is 0 Å². The van der Waals surface area contributed by atoms with Crippen molar-refractivity contribution in [3.8, 4) is 0 Å². The van der Waals surface area contributed by atoms with Crippen molar-refractivity contribution in [1.82, 2.24) is 34.6 Å². The predicted molar refractivity (Wildman–Crippen MR) is 185 cm³/mol. The zero-order chi connectivity index (χ0) is 36.6. The van der Waals surface area contributed by atoms with Gasteiger partial charge in [-0.1, -0.05) is 6.92 Å². The van der Waals surface area contributed by atoms with E-state index >= 15 is 0 Å². The monoisotopic (exact) mass is 697 g/mol. The molecule has 2 saturated heterocycles. The fourth-order valence-corrected chi connectivity index (χ4v) is 5.70. The Balaban J connectivity index is 1.22. The van der Waals surface area contributed by atoms with Crippen molar-refractivity contribution in [3.63, 3.8) is 0 Å². The van der Waals surface area contributed by atoms with Gasteiger partial charge in [0.05, 0.1) is 12.1 Å². The zero-order valence-corrected chi connectivity index (χ0v) is 30.3. The van der Waals surface area contributed by atoms with Crippen molar-refractivity contribution >= 4 is 36.0 Å². The molecule has 2 aromatic heterocycles. The Morgan fingerprint density at radius 1 is 0.820 bits per heavy atom. The molecule has 3 amide bonds. The molecule has 2 aromatic rings. The highest BCUT2D eigenvalue weighted by Gasteiger charge is 2.32. The van der Waals surface area contributed by atoms with Crippen LogP contribution in [0, 0.1) is 0 Å². The lowest BCUT2D eigenvalue weighted by Gasteiger charge is -2.41. The van der Waals surface area contributed by atoms with E-state index in [1.165, 1.54) is 12.4 Å². The molecule has 274 valence electrons. The van der Waals surface area contributed by atoms with Crippen LogP contribution in [-0.2, 0) is 20.8 Å². The van der Waals surface area contributed by atoms with Crippen LogP contribution in [0.1, 0.15) is 83.7 Å². The number of hydrogen-bond donors (Lipinski definition) is 1. The van der Waals surface area contributed by atoms with Gasteiger partial charge >= 0.3 is 18.2 Å². The smallest absolute Gasteiger partial charge is 0.420 e. The maximum atomic E-state index is 13.1. The molecule has 16 nitrogen and oxygen atoms in total. The van der Waals surface area contributed by atoms with E-state index < -0.39 is 29.4 Å². The number of imide groups is 1. The van der Waals surface area contributed by atoms with E-state index in [9.17, 15) is 19.2 Å². The van der Waals surface area contributed by atoms with E-state index in [-0.39, 0.29) is 24.1 Å². The van der Waals surface area contributed by atoms with Crippen LogP contribution in [-0.4, -0.2) is 133 Å². The third-order valence-electron chi connectivity index (χ3n) is 8.22. The molecule has 0 bridgehead atoms. The average molecular weight is 698 g/mol. The second-order valence-corrected chi connectivity index (χ2v) is 14.5. The lowest BCUT2D eigenvalue weighted by atomic mass is 10.1. The first kappa shape index (κ1) is 38.2. The molecule has 16 heteroatoms. The molecule has 0 spiro atoms. The van der Waals surface area contributed by atoms with Gasteiger partial charge in [-0.25, -0.2) is 39.2 Å². The molecule has 2 fully saturated rings. The van der Waals surface area contributed by atoms with E-state index in [0.29, 0.717) is 50.1 Å². The highest BCUT2D eigenvalue weighted by atomic mass is 16.6. The second-order valence-electron chi connectivity index (χ2n) is 14.5. The molecule has 50 heavy (non-hydrogen) atoms. The summed E-state index contributed by atoms with van der Waals surface area (Å²) in [5.74, 6) is 0.132. The largest absolute Gasteiger partial charge is 0.478 e. The highest BCUT2D eigenvalue weighted by molar-refractivity contribution is 5.88. The lowest BCUT2D eigenvalue weighted by molar-refractivity contribution is -0.131. The Hall–Kier alpha value is -4.60. The van der Waals surface area contributed by atoms with E-state index in [1.807, 2.05) is 9.80 Å².